The Labute approximate surface area is 166 Å². The molecule has 2 aliphatic heterocycles. The molecule has 0 bridgehead atoms. The van der Waals surface area contributed by atoms with Gasteiger partial charge in [0.25, 0.3) is 5.91 Å². The third-order valence-corrected chi connectivity index (χ3v) is 7.20. The molecule has 0 aliphatic carbocycles. The van der Waals surface area contributed by atoms with Gasteiger partial charge >= 0.3 is 5.97 Å². The number of hydrogen-bond donors (Lipinski definition) is 0. The largest absolute Gasteiger partial charge is 0.452 e. The molecule has 2 saturated heterocycles. The summed E-state index contributed by atoms with van der Waals surface area (Å²) in [6, 6.07) is 5.88. The smallest absolute Gasteiger partial charge is 0.338 e. The van der Waals surface area contributed by atoms with Crippen molar-refractivity contribution in [3.05, 3.63) is 29.8 Å². The predicted octanol–water partition coefficient (Wildman–Crippen LogP) is 2.42. The zero-order valence-corrected chi connectivity index (χ0v) is 17.0. The minimum atomic E-state index is -3.64. The molecule has 8 heteroatoms. The number of esters is 1. The fraction of sp³-hybridized carbons (Fsp3) is 0.600. The van der Waals surface area contributed by atoms with Gasteiger partial charge in [0, 0.05) is 26.2 Å². The molecule has 3 rings (SSSR count). The average molecular weight is 409 g/mol. The summed E-state index contributed by atoms with van der Waals surface area (Å²) in [6.45, 7) is 2.07. The number of carbonyl (C=O) groups excluding carboxylic acids is 2. The Balaban J connectivity index is 1.64. The van der Waals surface area contributed by atoms with E-state index >= 15 is 0 Å². The van der Waals surface area contributed by atoms with E-state index in [1.165, 1.54) is 28.6 Å². The Hall–Kier alpha value is -1.93. The first kappa shape index (κ1) is 20.8. The van der Waals surface area contributed by atoms with E-state index in [9.17, 15) is 18.0 Å². The van der Waals surface area contributed by atoms with Crippen LogP contribution in [0.3, 0.4) is 0 Å². The van der Waals surface area contributed by atoms with Gasteiger partial charge in [0.15, 0.2) is 6.61 Å². The fourth-order valence-electron chi connectivity index (χ4n) is 3.66. The molecule has 0 radical (unpaired) electrons. The molecular formula is C20H28N2O5S. The maximum Gasteiger partial charge on any atom is 0.338 e. The monoisotopic (exact) mass is 408 g/mol. The van der Waals surface area contributed by atoms with Crippen LogP contribution in [0.2, 0.25) is 0 Å². The lowest BCUT2D eigenvalue weighted by Crippen LogP contribution is -2.38. The van der Waals surface area contributed by atoms with Gasteiger partial charge in [-0.05, 0) is 50.3 Å². The van der Waals surface area contributed by atoms with E-state index in [1.54, 1.807) is 4.90 Å². The number of piperidine rings is 1. The Bertz CT molecular complexity index is 795. The molecule has 0 aromatic heterocycles. The lowest BCUT2D eigenvalue weighted by molar-refractivity contribution is -0.135. The minimum Gasteiger partial charge on any atom is -0.452 e. The summed E-state index contributed by atoms with van der Waals surface area (Å²) >= 11 is 0. The topological polar surface area (TPSA) is 84.0 Å². The number of amides is 1. The number of benzene rings is 1. The van der Waals surface area contributed by atoms with E-state index in [2.05, 4.69) is 0 Å². The summed E-state index contributed by atoms with van der Waals surface area (Å²) in [7, 11) is -3.64. The average Bonchev–Trinajstić information content (AvgIpc) is 3.02. The number of hydrogen-bond acceptors (Lipinski definition) is 5. The summed E-state index contributed by atoms with van der Waals surface area (Å²) in [5.74, 6) is -0.889. The van der Waals surface area contributed by atoms with Crippen molar-refractivity contribution in [2.75, 3.05) is 32.8 Å². The number of carbonyl (C=O) groups is 2. The Morgan fingerprint density at radius 1 is 0.893 bits per heavy atom. The Morgan fingerprint density at radius 2 is 1.50 bits per heavy atom. The zero-order valence-electron chi connectivity index (χ0n) is 16.1. The maximum atomic E-state index is 12.9. The van der Waals surface area contributed by atoms with Gasteiger partial charge in [-0.25, -0.2) is 13.2 Å². The van der Waals surface area contributed by atoms with Crippen molar-refractivity contribution >= 4 is 21.9 Å². The van der Waals surface area contributed by atoms with Crippen LogP contribution in [0.25, 0.3) is 0 Å². The Kier molecular flexibility index (Phi) is 7.07. The van der Waals surface area contributed by atoms with Gasteiger partial charge in [0.05, 0.1) is 10.5 Å². The highest BCUT2D eigenvalue weighted by molar-refractivity contribution is 7.89. The first-order chi connectivity index (χ1) is 13.5. The van der Waals surface area contributed by atoms with Crippen LogP contribution in [0, 0.1) is 0 Å². The Morgan fingerprint density at radius 3 is 2.18 bits per heavy atom. The summed E-state index contributed by atoms with van der Waals surface area (Å²) in [5, 5.41) is 0. The number of sulfonamides is 1. The van der Waals surface area contributed by atoms with Crippen LogP contribution in [-0.2, 0) is 19.6 Å². The van der Waals surface area contributed by atoms with E-state index in [-0.39, 0.29) is 23.0 Å². The normalized spacial score (nSPS) is 19.1. The second-order valence-corrected chi connectivity index (χ2v) is 9.30. The quantitative estimate of drug-likeness (QED) is 0.699. The molecule has 7 nitrogen and oxygen atoms in total. The molecule has 154 valence electrons. The minimum absolute atomic E-state index is 0.0891. The number of likely N-dealkylation sites (tertiary alicyclic amines) is 1. The molecule has 2 heterocycles. The fourth-order valence-corrected chi connectivity index (χ4v) is 5.22. The van der Waals surface area contributed by atoms with E-state index in [0.717, 1.165) is 44.9 Å². The van der Waals surface area contributed by atoms with E-state index in [0.29, 0.717) is 26.2 Å². The van der Waals surface area contributed by atoms with Gasteiger partial charge in [-0.2, -0.15) is 4.31 Å². The van der Waals surface area contributed by atoms with Crippen LogP contribution in [0.1, 0.15) is 55.3 Å². The third-order valence-electron chi connectivity index (χ3n) is 5.31. The maximum absolute atomic E-state index is 12.9. The highest BCUT2D eigenvalue weighted by atomic mass is 32.2. The van der Waals surface area contributed by atoms with Crippen LogP contribution >= 0.6 is 0 Å². The lowest BCUT2D eigenvalue weighted by atomic mass is 10.1. The van der Waals surface area contributed by atoms with Gasteiger partial charge in [0.2, 0.25) is 10.0 Å². The van der Waals surface area contributed by atoms with Crippen molar-refractivity contribution in [2.45, 2.75) is 49.8 Å². The van der Waals surface area contributed by atoms with Gasteiger partial charge in [0.1, 0.15) is 0 Å². The van der Waals surface area contributed by atoms with Gasteiger partial charge in [-0.3, -0.25) is 4.79 Å². The second-order valence-electron chi connectivity index (χ2n) is 7.36. The zero-order chi connectivity index (χ0) is 20.0. The van der Waals surface area contributed by atoms with Crippen molar-refractivity contribution < 1.29 is 22.7 Å². The van der Waals surface area contributed by atoms with Gasteiger partial charge in [-0.1, -0.05) is 18.9 Å². The SMILES string of the molecule is O=C(OCC(=O)N1CCCCC1)c1cccc(S(=O)(=O)N2CCCCCC2)c1. The molecule has 1 aromatic carbocycles. The number of nitrogens with zero attached hydrogens (tertiary/aromatic N) is 2. The molecule has 0 N–H and O–H groups in total. The first-order valence-corrected chi connectivity index (χ1v) is 11.5. The molecule has 0 saturated carbocycles. The highest BCUT2D eigenvalue weighted by Crippen LogP contribution is 2.21. The van der Waals surface area contributed by atoms with Crippen molar-refractivity contribution in [1.29, 1.82) is 0 Å². The van der Waals surface area contributed by atoms with Crippen molar-refractivity contribution in [2.24, 2.45) is 0 Å². The summed E-state index contributed by atoms with van der Waals surface area (Å²) in [6.07, 6.45) is 6.81. The predicted molar refractivity (Wildman–Crippen MR) is 104 cm³/mol. The van der Waals surface area contributed by atoms with Crippen LogP contribution in [0.15, 0.2) is 29.2 Å². The van der Waals surface area contributed by atoms with Crippen molar-refractivity contribution in [1.82, 2.24) is 9.21 Å². The van der Waals surface area contributed by atoms with Gasteiger partial charge in [-0.15, -0.1) is 0 Å². The number of ether oxygens (including phenoxy) is 1. The molecule has 1 amide bonds. The lowest BCUT2D eigenvalue weighted by Gasteiger charge is -2.26. The van der Waals surface area contributed by atoms with Crippen molar-refractivity contribution in [3.63, 3.8) is 0 Å². The highest BCUT2D eigenvalue weighted by Gasteiger charge is 2.26. The van der Waals surface area contributed by atoms with Crippen LogP contribution in [0.5, 0.6) is 0 Å². The van der Waals surface area contributed by atoms with Gasteiger partial charge < -0.3 is 9.64 Å². The molecule has 0 unspecified atom stereocenters. The molecular weight excluding hydrogens is 380 g/mol. The van der Waals surface area contributed by atoms with E-state index in [4.69, 9.17) is 4.74 Å². The van der Waals surface area contributed by atoms with E-state index < -0.39 is 16.0 Å². The molecule has 2 aliphatic rings. The molecule has 0 atom stereocenters. The van der Waals surface area contributed by atoms with Crippen LogP contribution < -0.4 is 0 Å². The summed E-state index contributed by atoms with van der Waals surface area (Å²) < 4.78 is 32.4. The summed E-state index contributed by atoms with van der Waals surface area (Å²) in [4.78, 5) is 26.3. The molecule has 2 fully saturated rings. The number of rotatable bonds is 5. The molecule has 28 heavy (non-hydrogen) atoms. The third kappa shape index (κ3) is 5.11. The molecule has 0 spiro atoms. The molecule has 1 aromatic rings. The second kappa shape index (κ2) is 9.52. The standard InChI is InChI=1S/C20H28N2O5S/c23-19(21-11-4-3-5-12-21)16-27-20(24)17-9-8-10-18(15-17)28(25,26)22-13-6-1-2-7-14-22/h8-10,15H,1-7,11-14,16H2. The van der Waals surface area contributed by atoms with Crippen LogP contribution in [-0.4, -0.2) is 62.3 Å². The summed E-state index contributed by atoms with van der Waals surface area (Å²) in [5.41, 5.74) is 0.141. The van der Waals surface area contributed by atoms with Crippen LogP contribution in [0.4, 0.5) is 0 Å². The van der Waals surface area contributed by atoms with Crippen molar-refractivity contribution in [3.8, 4) is 0 Å². The van der Waals surface area contributed by atoms with E-state index in [1.807, 2.05) is 0 Å². The first-order valence-electron chi connectivity index (χ1n) is 10.0.